The molecule has 3 N–H and O–H groups in total. The lowest BCUT2D eigenvalue weighted by Crippen LogP contribution is -2.13. The number of anilines is 1. The van der Waals surface area contributed by atoms with Gasteiger partial charge in [0.2, 0.25) is 5.95 Å². The number of fused-ring (bicyclic) bond motifs is 1. The Hall–Kier alpha value is -2.64. The number of aromatic amines is 1. The average molecular weight is 217 g/mol. The van der Waals surface area contributed by atoms with Gasteiger partial charge in [0, 0.05) is 12.4 Å². The first-order chi connectivity index (χ1) is 7.75. The van der Waals surface area contributed by atoms with Crippen LogP contribution in [0.15, 0.2) is 29.8 Å². The molecule has 8 heteroatoms. The second-order valence-corrected chi connectivity index (χ2v) is 3.16. The molecule has 0 amide bonds. The minimum absolute atomic E-state index is 0.0550. The van der Waals surface area contributed by atoms with Crippen molar-refractivity contribution in [3.05, 3.63) is 35.4 Å². The van der Waals surface area contributed by atoms with E-state index in [1.54, 1.807) is 28.1 Å². The normalized spacial score (nSPS) is 11.0. The third-order valence-electron chi connectivity index (χ3n) is 2.15. The van der Waals surface area contributed by atoms with Crippen LogP contribution in [-0.4, -0.2) is 29.3 Å². The maximum absolute atomic E-state index is 11.5. The van der Waals surface area contributed by atoms with E-state index in [0.29, 0.717) is 5.65 Å². The molecular weight excluding hydrogens is 210 g/mol. The van der Waals surface area contributed by atoms with Crippen LogP contribution < -0.4 is 11.3 Å². The van der Waals surface area contributed by atoms with Gasteiger partial charge in [0.25, 0.3) is 5.56 Å². The van der Waals surface area contributed by atoms with Crippen molar-refractivity contribution < 1.29 is 0 Å². The minimum atomic E-state index is -0.360. The summed E-state index contributed by atoms with van der Waals surface area (Å²) >= 11 is 0. The van der Waals surface area contributed by atoms with Crippen LogP contribution in [0.25, 0.3) is 11.2 Å². The second-order valence-electron chi connectivity index (χ2n) is 3.16. The molecule has 0 aliphatic carbocycles. The van der Waals surface area contributed by atoms with Crippen molar-refractivity contribution >= 4 is 17.1 Å². The van der Waals surface area contributed by atoms with Crippen molar-refractivity contribution in [3.8, 4) is 0 Å². The number of hydrogen-bond donors (Lipinski definition) is 2. The predicted molar refractivity (Wildman–Crippen MR) is 55.6 cm³/mol. The zero-order valence-corrected chi connectivity index (χ0v) is 8.03. The van der Waals surface area contributed by atoms with Crippen molar-refractivity contribution in [2.24, 2.45) is 0 Å². The molecule has 0 saturated carbocycles. The van der Waals surface area contributed by atoms with Crippen molar-refractivity contribution in [1.29, 1.82) is 0 Å². The molecule has 8 nitrogen and oxygen atoms in total. The Morgan fingerprint density at radius 1 is 1.38 bits per heavy atom. The largest absolute Gasteiger partial charge is 0.369 e. The van der Waals surface area contributed by atoms with Crippen molar-refractivity contribution in [2.75, 3.05) is 5.73 Å². The SMILES string of the molecule is Nc1nc2c(ncn2-n2ccnc2)c(=O)[nH]1. The first-order valence-corrected chi connectivity index (χ1v) is 4.47. The van der Waals surface area contributed by atoms with Gasteiger partial charge in [0.05, 0.1) is 0 Å². The van der Waals surface area contributed by atoms with Crippen LogP contribution in [0.2, 0.25) is 0 Å². The molecular formula is C8H7N7O. The number of H-pyrrole nitrogens is 1. The first-order valence-electron chi connectivity index (χ1n) is 4.47. The lowest BCUT2D eigenvalue weighted by molar-refractivity contribution is 0.672. The Morgan fingerprint density at radius 2 is 2.25 bits per heavy atom. The van der Waals surface area contributed by atoms with Gasteiger partial charge < -0.3 is 5.73 Å². The lowest BCUT2D eigenvalue weighted by Gasteiger charge is -2.02. The first kappa shape index (κ1) is 8.65. The van der Waals surface area contributed by atoms with E-state index in [9.17, 15) is 4.79 Å². The fourth-order valence-electron chi connectivity index (χ4n) is 1.46. The number of hydrogen-bond acceptors (Lipinski definition) is 5. The fraction of sp³-hybridized carbons (Fsp3) is 0. The van der Waals surface area contributed by atoms with Gasteiger partial charge in [-0.1, -0.05) is 0 Å². The summed E-state index contributed by atoms with van der Waals surface area (Å²) in [6.45, 7) is 0. The summed E-state index contributed by atoms with van der Waals surface area (Å²) in [6, 6.07) is 0. The third-order valence-corrected chi connectivity index (χ3v) is 2.15. The van der Waals surface area contributed by atoms with Crippen molar-refractivity contribution in [1.82, 2.24) is 29.3 Å². The summed E-state index contributed by atoms with van der Waals surface area (Å²) in [7, 11) is 0. The minimum Gasteiger partial charge on any atom is -0.369 e. The third kappa shape index (κ3) is 1.10. The van der Waals surface area contributed by atoms with Gasteiger partial charge >= 0.3 is 0 Å². The van der Waals surface area contributed by atoms with E-state index in [1.165, 1.54) is 6.33 Å². The van der Waals surface area contributed by atoms with Crippen LogP contribution in [0.5, 0.6) is 0 Å². The number of rotatable bonds is 1. The molecule has 3 aromatic heterocycles. The Morgan fingerprint density at radius 3 is 3.00 bits per heavy atom. The summed E-state index contributed by atoms with van der Waals surface area (Å²) in [4.78, 5) is 25.8. The van der Waals surface area contributed by atoms with Gasteiger partial charge in [-0.2, -0.15) is 4.98 Å². The van der Waals surface area contributed by atoms with Crippen LogP contribution in [-0.2, 0) is 0 Å². The number of nitrogens with two attached hydrogens (primary N) is 1. The summed E-state index contributed by atoms with van der Waals surface area (Å²) in [6.07, 6.45) is 6.37. The Balaban J connectivity index is 2.40. The zero-order chi connectivity index (χ0) is 11.1. The highest BCUT2D eigenvalue weighted by Crippen LogP contribution is 2.06. The molecule has 0 aliphatic heterocycles. The monoisotopic (exact) mass is 217 g/mol. The molecule has 0 radical (unpaired) electrons. The van der Waals surface area contributed by atoms with Crippen molar-refractivity contribution in [2.45, 2.75) is 0 Å². The van der Waals surface area contributed by atoms with E-state index in [0.717, 1.165) is 0 Å². The predicted octanol–water partition coefficient (Wildman–Crippen LogP) is -0.790. The quantitative estimate of drug-likeness (QED) is 0.555. The van der Waals surface area contributed by atoms with E-state index >= 15 is 0 Å². The molecule has 0 unspecified atom stereocenters. The highest BCUT2D eigenvalue weighted by molar-refractivity contribution is 5.70. The van der Waals surface area contributed by atoms with Crippen LogP contribution >= 0.6 is 0 Å². The number of nitrogen functional groups attached to an aromatic ring is 1. The molecule has 3 aromatic rings. The Bertz CT molecular complexity index is 693. The van der Waals surface area contributed by atoms with Crippen molar-refractivity contribution in [3.63, 3.8) is 0 Å². The molecule has 0 atom stereocenters. The van der Waals surface area contributed by atoms with Gasteiger partial charge in [0.1, 0.15) is 12.7 Å². The average Bonchev–Trinajstić information content (AvgIpc) is 2.83. The molecule has 0 spiro atoms. The highest BCUT2D eigenvalue weighted by Gasteiger charge is 2.09. The molecule has 0 bridgehead atoms. The molecule has 0 aromatic carbocycles. The highest BCUT2D eigenvalue weighted by atomic mass is 16.1. The number of nitrogens with zero attached hydrogens (tertiary/aromatic N) is 5. The topological polar surface area (TPSA) is 107 Å². The van der Waals surface area contributed by atoms with Crippen LogP contribution in [0.3, 0.4) is 0 Å². The molecule has 80 valence electrons. The van der Waals surface area contributed by atoms with Gasteiger partial charge in [-0.05, 0) is 0 Å². The molecule has 3 heterocycles. The number of imidazole rings is 2. The molecule has 16 heavy (non-hydrogen) atoms. The molecule has 0 aliphatic rings. The number of aromatic nitrogens is 6. The van der Waals surface area contributed by atoms with Crippen LogP contribution in [0, 0.1) is 0 Å². The molecule has 0 fully saturated rings. The smallest absolute Gasteiger partial charge is 0.280 e. The van der Waals surface area contributed by atoms with E-state index in [1.807, 2.05) is 0 Å². The summed E-state index contributed by atoms with van der Waals surface area (Å²) in [5.41, 5.74) is 5.74. The second kappa shape index (κ2) is 2.92. The van der Waals surface area contributed by atoms with Gasteiger partial charge in [-0.3, -0.25) is 9.78 Å². The zero-order valence-electron chi connectivity index (χ0n) is 8.03. The Kier molecular flexibility index (Phi) is 1.58. The van der Waals surface area contributed by atoms with E-state index in [2.05, 4.69) is 19.9 Å². The maximum atomic E-state index is 11.5. The molecule has 3 rings (SSSR count). The fourth-order valence-corrected chi connectivity index (χ4v) is 1.46. The van der Waals surface area contributed by atoms with Crippen LogP contribution in [0.4, 0.5) is 5.95 Å². The lowest BCUT2D eigenvalue weighted by atomic mass is 10.5. The van der Waals surface area contributed by atoms with E-state index in [4.69, 9.17) is 5.73 Å². The molecule has 0 saturated heterocycles. The van der Waals surface area contributed by atoms with Gasteiger partial charge in [-0.15, -0.1) is 0 Å². The summed E-state index contributed by atoms with van der Waals surface area (Å²) in [5, 5.41) is 0. The summed E-state index contributed by atoms with van der Waals surface area (Å²) in [5.74, 6) is 0.0550. The number of nitrogens with one attached hydrogen (secondary N) is 1. The van der Waals surface area contributed by atoms with Crippen LogP contribution in [0.1, 0.15) is 0 Å². The standard InChI is InChI=1S/C8H7N7O/c9-8-12-6-5(7(16)13-8)11-4-15(6)14-2-1-10-3-14/h1-4H,(H3,9,12,13,16). The van der Waals surface area contributed by atoms with E-state index in [-0.39, 0.29) is 17.0 Å². The maximum Gasteiger partial charge on any atom is 0.280 e. The summed E-state index contributed by atoms with van der Waals surface area (Å²) < 4.78 is 3.22. The van der Waals surface area contributed by atoms with E-state index < -0.39 is 0 Å². The van der Waals surface area contributed by atoms with Gasteiger partial charge in [0.15, 0.2) is 11.2 Å². The Labute approximate surface area is 88.4 Å². The van der Waals surface area contributed by atoms with Gasteiger partial charge in [-0.25, -0.2) is 19.3 Å².